The van der Waals surface area contributed by atoms with Crippen molar-refractivity contribution in [2.24, 2.45) is 22.2 Å². The summed E-state index contributed by atoms with van der Waals surface area (Å²) >= 11 is 1.58. The molecule has 1 aromatic heterocycles. The maximum atomic E-state index is 14.3. The number of aliphatic imine (C=N–C) groups is 1. The number of hydrazine groups is 2. The highest BCUT2D eigenvalue weighted by Crippen LogP contribution is 2.50. The molecule has 9 nitrogen and oxygen atoms in total. The molecule has 2 unspecified atom stereocenters. The van der Waals surface area contributed by atoms with Gasteiger partial charge in [0.25, 0.3) is 11.8 Å². The number of nitrogens with two attached hydrogens (primary N) is 1. The van der Waals surface area contributed by atoms with Gasteiger partial charge in [-0.05, 0) is 79.6 Å². The molecule has 0 saturated heterocycles. The van der Waals surface area contributed by atoms with Crippen molar-refractivity contribution in [1.82, 2.24) is 26.5 Å². The molecule has 1 aromatic carbocycles. The number of likely N-dealkylation sites (N-methyl/N-ethyl adjacent to an activating group) is 1. The van der Waals surface area contributed by atoms with E-state index in [0.29, 0.717) is 23.7 Å². The molecule has 6 N–H and O–H groups in total. The van der Waals surface area contributed by atoms with E-state index >= 15 is 0 Å². The molecule has 2 aromatic rings. The Morgan fingerprint density at radius 2 is 1.88 bits per heavy atom. The van der Waals surface area contributed by atoms with Gasteiger partial charge in [-0.1, -0.05) is 65.2 Å². The van der Waals surface area contributed by atoms with Crippen LogP contribution in [0, 0.1) is 11.3 Å². The SMILES string of the molecule is CCCCCC(c1ccc(C(=O)NCC(NC)NNN)cc1)N1C(=O)C(c2cccs2)=NC12CCC(C(C)(C)C)CC2. The van der Waals surface area contributed by atoms with Gasteiger partial charge in [-0.3, -0.25) is 15.4 Å². The molecule has 1 fully saturated rings. The molecular weight excluding hydrogens is 546 g/mol. The average molecular weight is 596 g/mol. The Balaban J connectivity index is 1.63. The lowest BCUT2D eigenvalue weighted by Crippen LogP contribution is -2.55. The number of carbonyl (C=O) groups is 2. The van der Waals surface area contributed by atoms with Gasteiger partial charge in [-0.15, -0.1) is 11.3 Å². The Bertz CT molecular complexity index is 1200. The standard InChI is InChI=1S/C32H49N7O2S/c1-6-7-8-10-25(22-12-14-23(15-13-22)29(40)35-21-27(34-5)37-38-33)39-30(41)28(26-11-9-20-42-26)36-32(39)18-16-24(17-19-32)31(2,3)4/h9,11-15,20,24-25,27,34,37-38H,6-8,10,16-19,21,33H2,1-5H3,(H,35,40). The molecule has 4 rings (SSSR count). The van der Waals surface area contributed by atoms with E-state index in [4.69, 9.17) is 10.8 Å². The van der Waals surface area contributed by atoms with Gasteiger partial charge >= 0.3 is 0 Å². The molecule has 1 saturated carbocycles. The van der Waals surface area contributed by atoms with E-state index in [-0.39, 0.29) is 29.4 Å². The molecule has 2 atom stereocenters. The van der Waals surface area contributed by atoms with Gasteiger partial charge in [-0.25, -0.2) is 10.4 Å². The lowest BCUT2D eigenvalue weighted by Gasteiger charge is -2.47. The smallest absolute Gasteiger partial charge is 0.276 e. The summed E-state index contributed by atoms with van der Waals surface area (Å²) < 4.78 is 0. The first-order valence-corrected chi connectivity index (χ1v) is 16.3. The summed E-state index contributed by atoms with van der Waals surface area (Å²) in [6, 6.07) is 11.7. The van der Waals surface area contributed by atoms with E-state index < -0.39 is 5.66 Å². The molecule has 42 heavy (non-hydrogen) atoms. The van der Waals surface area contributed by atoms with Crippen molar-refractivity contribution in [2.75, 3.05) is 13.6 Å². The molecule has 2 heterocycles. The van der Waals surface area contributed by atoms with Crippen molar-refractivity contribution in [1.29, 1.82) is 0 Å². The van der Waals surface area contributed by atoms with Gasteiger partial charge in [0.2, 0.25) is 0 Å². The van der Waals surface area contributed by atoms with E-state index in [2.05, 4.69) is 54.2 Å². The van der Waals surface area contributed by atoms with Crippen LogP contribution in [0.4, 0.5) is 0 Å². The Morgan fingerprint density at radius 1 is 1.17 bits per heavy atom. The first-order chi connectivity index (χ1) is 20.1. The molecule has 0 radical (unpaired) electrons. The van der Waals surface area contributed by atoms with Crippen molar-refractivity contribution in [3.05, 3.63) is 57.8 Å². The average Bonchev–Trinajstić information content (AvgIpc) is 3.60. The van der Waals surface area contributed by atoms with Crippen LogP contribution in [0.15, 0.2) is 46.8 Å². The third kappa shape index (κ3) is 7.29. The number of thiophene rings is 1. The minimum absolute atomic E-state index is 0.0362. The maximum Gasteiger partial charge on any atom is 0.276 e. The minimum Gasteiger partial charge on any atom is -0.349 e. The van der Waals surface area contributed by atoms with Crippen molar-refractivity contribution in [2.45, 2.75) is 96.9 Å². The maximum absolute atomic E-state index is 14.3. The first kappa shape index (κ1) is 32.3. The van der Waals surface area contributed by atoms with Gasteiger partial charge in [-0.2, -0.15) is 5.53 Å². The second-order valence-electron chi connectivity index (χ2n) is 12.7. The summed E-state index contributed by atoms with van der Waals surface area (Å²) in [7, 11) is 1.78. The summed E-state index contributed by atoms with van der Waals surface area (Å²) in [5.74, 6) is 5.81. The molecule has 230 valence electrons. The van der Waals surface area contributed by atoms with E-state index in [0.717, 1.165) is 61.8 Å². The summed E-state index contributed by atoms with van der Waals surface area (Å²) in [4.78, 5) is 35.6. The van der Waals surface area contributed by atoms with Crippen LogP contribution >= 0.6 is 11.3 Å². The number of hydrogen-bond acceptors (Lipinski definition) is 8. The predicted molar refractivity (Wildman–Crippen MR) is 171 cm³/mol. The Labute approximate surface area is 255 Å². The topological polar surface area (TPSA) is 124 Å². The zero-order valence-electron chi connectivity index (χ0n) is 25.8. The zero-order chi connectivity index (χ0) is 30.3. The molecular formula is C32H49N7O2S. The molecule has 10 heteroatoms. The third-order valence-electron chi connectivity index (χ3n) is 8.98. The first-order valence-electron chi connectivity index (χ1n) is 15.4. The summed E-state index contributed by atoms with van der Waals surface area (Å²) in [6.45, 7) is 9.52. The second kappa shape index (κ2) is 14.2. The Kier molecular flexibility index (Phi) is 10.9. The highest BCUT2D eigenvalue weighted by Gasteiger charge is 2.52. The van der Waals surface area contributed by atoms with Crippen LogP contribution in [0.25, 0.3) is 0 Å². The van der Waals surface area contributed by atoms with Crippen molar-refractivity contribution in [3.63, 3.8) is 0 Å². The highest BCUT2D eigenvalue weighted by atomic mass is 32.1. The summed E-state index contributed by atoms with van der Waals surface area (Å²) in [6.07, 6.45) is 7.74. The largest absolute Gasteiger partial charge is 0.349 e. The Morgan fingerprint density at radius 3 is 2.45 bits per heavy atom. The van der Waals surface area contributed by atoms with E-state index in [1.54, 1.807) is 18.4 Å². The second-order valence-corrected chi connectivity index (χ2v) is 13.7. The van der Waals surface area contributed by atoms with Gasteiger partial charge in [0.05, 0.1) is 17.1 Å². The third-order valence-corrected chi connectivity index (χ3v) is 9.86. The summed E-state index contributed by atoms with van der Waals surface area (Å²) in [5.41, 5.74) is 7.16. The van der Waals surface area contributed by atoms with Crippen LogP contribution in [0.3, 0.4) is 0 Å². The van der Waals surface area contributed by atoms with E-state index in [1.165, 1.54) is 0 Å². The highest BCUT2D eigenvalue weighted by molar-refractivity contribution is 7.13. The molecule has 1 aliphatic heterocycles. The van der Waals surface area contributed by atoms with Crippen LogP contribution in [0.2, 0.25) is 0 Å². The van der Waals surface area contributed by atoms with Crippen LogP contribution in [0.5, 0.6) is 0 Å². The van der Waals surface area contributed by atoms with Crippen LogP contribution in [0.1, 0.15) is 106 Å². The lowest BCUT2D eigenvalue weighted by molar-refractivity contribution is -0.133. The van der Waals surface area contributed by atoms with Gasteiger partial charge in [0, 0.05) is 12.1 Å². The van der Waals surface area contributed by atoms with E-state index in [9.17, 15) is 9.59 Å². The number of rotatable bonds is 13. The molecule has 2 amide bonds. The number of benzene rings is 1. The molecule has 0 bridgehead atoms. The van der Waals surface area contributed by atoms with Crippen molar-refractivity contribution >= 4 is 28.9 Å². The number of amides is 2. The predicted octanol–water partition coefficient (Wildman–Crippen LogP) is 4.88. The Hall–Kier alpha value is -2.63. The van der Waals surface area contributed by atoms with Crippen LogP contribution in [-0.2, 0) is 4.79 Å². The molecule has 1 spiro atoms. The number of unbranched alkanes of at least 4 members (excludes halogenated alkanes) is 2. The monoisotopic (exact) mass is 595 g/mol. The molecule has 2 aliphatic rings. The van der Waals surface area contributed by atoms with E-state index in [1.807, 2.05) is 41.8 Å². The lowest BCUT2D eigenvalue weighted by atomic mass is 9.69. The van der Waals surface area contributed by atoms with Gasteiger partial charge in [0.15, 0.2) is 0 Å². The normalized spacial score (nSPS) is 22.3. The zero-order valence-corrected chi connectivity index (χ0v) is 26.7. The fourth-order valence-corrected chi connectivity index (χ4v) is 7.13. The minimum atomic E-state index is -0.530. The van der Waals surface area contributed by atoms with Crippen molar-refractivity contribution in [3.8, 4) is 0 Å². The summed E-state index contributed by atoms with van der Waals surface area (Å²) in [5, 5.41) is 7.98. The molecule has 1 aliphatic carbocycles. The quantitative estimate of drug-likeness (QED) is 0.0974. The van der Waals surface area contributed by atoms with Crippen LogP contribution < -0.4 is 27.4 Å². The van der Waals surface area contributed by atoms with Gasteiger partial charge < -0.3 is 15.5 Å². The van der Waals surface area contributed by atoms with Crippen LogP contribution in [-0.4, -0.2) is 47.8 Å². The number of hydrogen-bond donors (Lipinski definition) is 5. The van der Waals surface area contributed by atoms with Crippen molar-refractivity contribution < 1.29 is 9.59 Å². The fraction of sp³-hybridized carbons (Fsp3) is 0.594. The number of carbonyl (C=O) groups excluding carboxylic acids is 2. The number of nitrogens with one attached hydrogen (secondary N) is 4. The number of nitrogens with zero attached hydrogens (tertiary/aromatic N) is 2. The fourth-order valence-electron chi connectivity index (χ4n) is 6.43. The van der Waals surface area contributed by atoms with Gasteiger partial charge in [0.1, 0.15) is 11.4 Å².